The highest BCUT2D eigenvalue weighted by Gasteiger charge is 2.31. The third-order valence-corrected chi connectivity index (χ3v) is 6.98. The van der Waals surface area contributed by atoms with Crippen molar-refractivity contribution in [3.63, 3.8) is 0 Å². The Kier molecular flexibility index (Phi) is 13.0. The molecule has 4 rings (SSSR count). The summed E-state index contributed by atoms with van der Waals surface area (Å²) in [5.41, 5.74) is 6.43. The first kappa shape index (κ1) is 34.7. The number of benzene rings is 2. The normalized spacial score (nSPS) is 14.2. The molecule has 0 bridgehead atoms. The molecular formula is C30H39Cl2FN6O3. The van der Waals surface area contributed by atoms with Crippen molar-refractivity contribution in [3.05, 3.63) is 84.1 Å². The molecule has 3 aromatic rings. The number of nitrogens with zero attached hydrogens (tertiary/aromatic N) is 3. The molecule has 2 aromatic carbocycles. The lowest BCUT2D eigenvalue weighted by molar-refractivity contribution is -0.132. The fourth-order valence-corrected chi connectivity index (χ4v) is 4.75. The van der Waals surface area contributed by atoms with Crippen LogP contribution in [-0.2, 0) is 20.8 Å². The number of imidazole rings is 1. The van der Waals surface area contributed by atoms with E-state index in [1.807, 2.05) is 30.3 Å². The number of likely N-dealkylation sites (tertiary alicyclic amines) is 1. The molecule has 3 amide bonds. The van der Waals surface area contributed by atoms with E-state index in [1.54, 1.807) is 41.6 Å². The average Bonchev–Trinajstić information content (AvgIpc) is 3.61. The lowest BCUT2D eigenvalue weighted by Gasteiger charge is -2.24. The number of halogens is 3. The first-order valence-electron chi connectivity index (χ1n) is 13.6. The second-order valence-corrected chi connectivity index (χ2v) is 10.8. The summed E-state index contributed by atoms with van der Waals surface area (Å²) in [6.07, 6.45) is 6.64. The molecule has 4 N–H and O–H groups in total. The first-order chi connectivity index (χ1) is 19.1. The van der Waals surface area contributed by atoms with Crippen LogP contribution in [0.1, 0.15) is 56.7 Å². The van der Waals surface area contributed by atoms with Crippen molar-refractivity contribution in [1.29, 1.82) is 0 Å². The lowest BCUT2D eigenvalue weighted by Crippen LogP contribution is -2.54. The molecule has 1 aromatic heterocycles. The molecule has 228 valence electrons. The standard InChI is InChI=1S/C30H37FN6O3.2ClH/c1-30(2,32)29(40)34-24(15-8-12-21-10-4-3-5-11-21)27(38)35-25-19-37(20-33-25)26(22-13-9-14-23(31)18-22)28(39)36-16-6-7-17-36;;/h3-5,9-11,13-14,18-20,24,26H,6-8,12,15-17,32H2,1-2H3,(H,34,40)(H,35,38);2*1H/t24-,26?;;/m1../s1. The Morgan fingerprint density at radius 2 is 1.74 bits per heavy atom. The summed E-state index contributed by atoms with van der Waals surface area (Å²) in [6, 6.07) is 14.2. The zero-order valence-electron chi connectivity index (χ0n) is 23.8. The van der Waals surface area contributed by atoms with Crippen molar-refractivity contribution in [3.8, 4) is 0 Å². The van der Waals surface area contributed by atoms with Crippen molar-refractivity contribution < 1.29 is 18.8 Å². The van der Waals surface area contributed by atoms with Gasteiger partial charge in [-0.3, -0.25) is 14.4 Å². The fourth-order valence-electron chi connectivity index (χ4n) is 4.75. The van der Waals surface area contributed by atoms with Crippen molar-refractivity contribution in [1.82, 2.24) is 19.8 Å². The molecule has 0 radical (unpaired) electrons. The van der Waals surface area contributed by atoms with Crippen LogP contribution in [0.15, 0.2) is 67.1 Å². The van der Waals surface area contributed by atoms with E-state index in [9.17, 15) is 18.8 Å². The molecule has 0 saturated carbocycles. The van der Waals surface area contributed by atoms with Crippen molar-refractivity contribution in [2.75, 3.05) is 18.4 Å². The summed E-state index contributed by atoms with van der Waals surface area (Å²) in [7, 11) is 0. The van der Waals surface area contributed by atoms with E-state index in [-0.39, 0.29) is 36.5 Å². The summed E-state index contributed by atoms with van der Waals surface area (Å²) >= 11 is 0. The molecule has 42 heavy (non-hydrogen) atoms. The Hall–Kier alpha value is -3.47. The molecule has 9 nitrogen and oxygen atoms in total. The third-order valence-electron chi connectivity index (χ3n) is 6.98. The van der Waals surface area contributed by atoms with Crippen molar-refractivity contribution in [2.45, 2.75) is 63.6 Å². The zero-order valence-corrected chi connectivity index (χ0v) is 25.4. The topological polar surface area (TPSA) is 122 Å². The van der Waals surface area contributed by atoms with Gasteiger partial charge in [0, 0.05) is 19.3 Å². The zero-order chi connectivity index (χ0) is 28.7. The minimum absolute atomic E-state index is 0. The molecule has 1 saturated heterocycles. The molecule has 12 heteroatoms. The number of hydrogen-bond donors (Lipinski definition) is 3. The van der Waals surface area contributed by atoms with Crippen LogP contribution >= 0.6 is 24.8 Å². The maximum atomic E-state index is 14.1. The number of nitrogens with one attached hydrogen (secondary N) is 2. The van der Waals surface area contributed by atoms with Crippen LogP contribution in [0.25, 0.3) is 0 Å². The van der Waals surface area contributed by atoms with Gasteiger partial charge in [-0.25, -0.2) is 9.37 Å². The van der Waals surface area contributed by atoms with Gasteiger partial charge < -0.3 is 25.8 Å². The van der Waals surface area contributed by atoms with Crippen LogP contribution in [0, 0.1) is 5.82 Å². The highest BCUT2D eigenvalue weighted by atomic mass is 35.5. The minimum atomic E-state index is -1.16. The molecule has 0 spiro atoms. The number of hydrogen-bond acceptors (Lipinski definition) is 5. The molecule has 1 unspecified atom stereocenters. The molecule has 2 atom stereocenters. The second-order valence-electron chi connectivity index (χ2n) is 10.8. The van der Waals surface area contributed by atoms with Crippen molar-refractivity contribution >= 4 is 48.4 Å². The first-order valence-corrected chi connectivity index (χ1v) is 13.6. The van der Waals surface area contributed by atoms with Crippen molar-refractivity contribution in [2.24, 2.45) is 5.73 Å². The van der Waals surface area contributed by atoms with Gasteiger partial charge >= 0.3 is 0 Å². The van der Waals surface area contributed by atoms with Gasteiger partial charge in [-0.1, -0.05) is 42.5 Å². The van der Waals surface area contributed by atoms with Gasteiger partial charge in [0.1, 0.15) is 17.9 Å². The lowest BCUT2D eigenvalue weighted by atomic mass is 10.0. The van der Waals surface area contributed by atoms with E-state index in [0.29, 0.717) is 31.5 Å². The van der Waals surface area contributed by atoms with Gasteiger partial charge in [-0.2, -0.15) is 0 Å². The number of nitrogens with two attached hydrogens (primary N) is 1. The molecular weight excluding hydrogens is 582 g/mol. The quantitative estimate of drug-likeness (QED) is 0.296. The van der Waals surface area contributed by atoms with Gasteiger partial charge in [0.05, 0.1) is 11.9 Å². The predicted molar refractivity (Wildman–Crippen MR) is 165 cm³/mol. The smallest absolute Gasteiger partial charge is 0.250 e. The Morgan fingerprint density at radius 1 is 1.05 bits per heavy atom. The van der Waals surface area contributed by atoms with Gasteiger partial charge in [-0.05, 0) is 69.2 Å². The number of carbonyl (C=O) groups is 3. The second kappa shape index (κ2) is 15.7. The van der Waals surface area contributed by atoms with E-state index in [1.165, 1.54) is 18.5 Å². The van der Waals surface area contributed by atoms with Crippen LogP contribution in [0.2, 0.25) is 0 Å². The third kappa shape index (κ3) is 9.27. The van der Waals surface area contributed by atoms with E-state index in [2.05, 4.69) is 15.6 Å². The number of rotatable bonds is 11. The van der Waals surface area contributed by atoms with E-state index >= 15 is 0 Å². The van der Waals surface area contributed by atoms with Gasteiger partial charge in [-0.15, -0.1) is 24.8 Å². The number of aromatic nitrogens is 2. The summed E-state index contributed by atoms with van der Waals surface area (Å²) < 4.78 is 15.7. The SMILES string of the molecule is CC(C)(N)C(=O)N[C@H](CCCc1ccccc1)C(=O)Nc1cn(C(C(=O)N2CCCC2)c2cccc(F)c2)cn1.Cl.Cl. The van der Waals surface area contributed by atoms with Crippen LogP contribution in [-0.4, -0.2) is 56.8 Å². The number of anilines is 1. The summed E-state index contributed by atoms with van der Waals surface area (Å²) in [6.45, 7) is 4.44. The summed E-state index contributed by atoms with van der Waals surface area (Å²) in [4.78, 5) is 45.5. The number of aryl methyl sites for hydroxylation is 1. The molecule has 1 aliphatic heterocycles. The van der Waals surface area contributed by atoms with Gasteiger partial charge in [0.15, 0.2) is 5.82 Å². The maximum Gasteiger partial charge on any atom is 0.250 e. The van der Waals surface area contributed by atoms with Gasteiger partial charge in [0.2, 0.25) is 17.7 Å². The molecule has 2 heterocycles. The fraction of sp³-hybridized carbons (Fsp3) is 0.400. The largest absolute Gasteiger partial charge is 0.343 e. The molecule has 1 fully saturated rings. The highest BCUT2D eigenvalue weighted by Crippen LogP contribution is 2.25. The maximum absolute atomic E-state index is 14.1. The number of amides is 3. The molecule has 0 aliphatic carbocycles. The van der Waals surface area contributed by atoms with E-state index in [0.717, 1.165) is 24.8 Å². The minimum Gasteiger partial charge on any atom is -0.343 e. The predicted octanol–water partition coefficient (Wildman–Crippen LogP) is 4.26. The Balaban J connectivity index is 0.00000308. The number of carbonyl (C=O) groups excluding carboxylic acids is 3. The Bertz CT molecular complexity index is 1330. The van der Waals surface area contributed by atoms with Crippen LogP contribution in [0.3, 0.4) is 0 Å². The van der Waals surface area contributed by atoms with E-state index < -0.39 is 35.3 Å². The Morgan fingerprint density at radius 3 is 2.38 bits per heavy atom. The van der Waals surface area contributed by atoms with Gasteiger partial charge in [0.25, 0.3) is 0 Å². The van der Waals surface area contributed by atoms with Crippen LogP contribution in [0.4, 0.5) is 10.2 Å². The monoisotopic (exact) mass is 620 g/mol. The average molecular weight is 622 g/mol. The van der Waals surface area contributed by atoms with E-state index in [4.69, 9.17) is 5.73 Å². The highest BCUT2D eigenvalue weighted by molar-refractivity contribution is 5.98. The van der Waals surface area contributed by atoms with Crippen LogP contribution < -0.4 is 16.4 Å². The molecule has 1 aliphatic rings. The summed E-state index contributed by atoms with van der Waals surface area (Å²) in [5, 5.41) is 5.54. The van der Waals surface area contributed by atoms with Crippen LogP contribution in [0.5, 0.6) is 0 Å². The Labute approximate surface area is 258 Å². The summed E-state index contributed by atoms with van der Waals surface area (Å²) in [5.74, 6) is -1.27.